The Balaban J connectivity index is 1.74. The third-order valence-electron chi connectivity index (χ3n) is 3.64. The first-order chi connectivity index (χ1) is 11.2. The zero-order chi connectivity index (χ0) is 15.8. The summed E-state index contributed by atoms with van der Waals surface area (Å²) in [5.74, 6) is 0.548. The van der Waals surface area contributed by atoms with E-state index < -0.39 is 0 Å². The molecule has 23 heavy (non-hydrogen) atoms. The highest BCUT2D eigenvalue weighted by Gasteiger charge is 2.12. The Morgan fingerprint density at radius 2 is 2.00 bits per heavy atom. The third-order valence-corrected chi connectivity index (χ3v) is 3.64. The van der Waals surface area contributed by atoms with Gasteiger partial charge in [0.2, 0.25) is 5.89 Å². The molecule has 0 aliphatic rings. The summed E-state index contributed by atoms with van der Waals surface area (Å²) in [7, 11) is 0. The maximum absolute atomic E-state index is 5.60. The molecule has 0 amide bonds. The molecule has 4 rings (SSSR count). The average Bonchev–Trinajstić information content (AvgIpc) is 3.22. The molecule has 0 atom stereocenters. The van der Waals surface area contributed by atoms with Crippen molar-refractivity contribution in [3.8, 4) is 22.8 Å². The van der Waals surface area contributed by atoms with Crippen LogP contribution in [0.2, 0.25) is 0 Å². The second kappa shape index (κ2) is 5.31. The van der Waals surface area contributed by atoms with E-state index in [1.54, 1.807) is 12.5 Å². The second-order valence-corrected chi connectivity index (χ2v) is 5.58. The summed E-state index contributed by atoms with van der Waals surface area (Å²) >= 11 is 0. The number of hydrogen-bond acceptors (Lipinski definition) is 5. The molecule has 114 valence electrons. The van der Waals surface area contributed by atoms with Gasteiger partial charge in [0.05, 0.1) is 11.2 Å². The molecule has 0 aliphatic heterocycles. The van der Waals surface area contributed by atoms with E-state index in [2.05, 4.69) is 34.1 Å². The normalized spacial score (nSPS) is 11.4. The molecule has 0 bridgehead atoms. The summed E-state index contributed by atoms with van der Waals surface area (Å²) < 4.78 is 7.50. The van der Waals surface area contributed by atoms with Gasteiger partial charge in [-0.3, -0.25) is 4.98 Å². The average molecular weight is 305 g/mol. The van der Waals surface area contributed by atoms with Crippen LogP contribution in [0.3, 0.4) is 0 Å². The van der Waals surface area contributed by atoms with Gasteiger partial charge in [-0.05, 0) is 44.2 Å². The van der Waals surface area contributed by atoms with Gasteiger partial charge in [0.25, 0.3) is 0 Å². The highest BCUT2D eigenvalue weighted by atomic mass is 16.3. The van der Waals surface area contributed by atoms with Crippen LogP contribution in [-0.2, 0) is 0 Å². The van der Waals surface area contributed by atoms with E-state index >= 15 is 0 Å². The van der Waals surface area contributed by atoms with E-state index in [1.165, 1.54) is 0 Å². The highest BCUT2D eigenvalue weighted by molar-refractivity contribution is 5.80. The van der Waals surface area contributed by atoms with Crippen molar-refractivity contribution in [2.24, 2.45) is 0 Å². The second-order valence-electron chi connectivity index (χ2n) is 5.58. The van der Waals surface area contributed by atoms with E-state index in [4.69, 9.17) is 4.42 Å². The number of rotatable bonds is 3. The van der Waals surface area contributed by atoms with Gasteiger partial charge in [-0.15, -0.1) is 5.10 Å². The van der Waals surface area contributed by atoms with Crippen molar-refractivity contribution < 1.29 is 4.42 Å². The minimum absolute atomic E-state index is 0.267. The predicted molar refractivity (Wildman–Crippen MR) is 86.6 cm³/mol. The van der Waals surface area contributed by atoms with Crippen LogP contribution in [0.4, 0.5) is 0 Å². The van der Waals surface area contributed by atoms with Gasteiger partial charge in [0, 0.05) is 17.8 Å². The Morgan fingerprint density at radius 3 is 2.78 bits per heavy atom. The Bertz CT molecular complexity index is 955. The molecular formula is C17H15N5O. The smallest absolute Gasteiger partial charge is 0.226 e. The van der Waals surface area contributed by atoms with Crippen LogP contribution in [0.25, 0.3) is 33.9 Å². The Morgan fingerprint density at radius 1 is 1.09 bits per heavy atom. The lowest BCUT2D eigenvalue weighted by Crippen LogP contribution is -2.02. The number of pyridine rings is 1. The molecule has 0 unspecified atom stereocenters. The van der Waals surface area contributed by atoms with Crippen LogP contribution < -0.4 is 0 Å². The van der Waals surface area contributed by atoms with E-state index in [0.29, 0.717) is 11.6 Å². The summed E-state index contributed by atoms with van der Waals surface area (Å²) in [6.45, 7) is 4.16. The molecule has 0 radical (unpaired) electrons. The first-order valence-electron chi connectivity index (χ1n) is 7.44. The molecule has 1 aromatic carbocycles. The SMILES string of the molecule is CC(C)n1nnc2cc(-c3nc(-c4ccccn4)co3)ccc21. The molecule has 0 spiro atoms. The van der Waals surface area contributed by atoms with Crippen molar-refractivity contribution in [2.45, 2.75) is 19.9 Å². The van der Waals surface area contributed by atoms with E-state index in [-0.39, 0.29) is 6.04 Å². The fourth-order valence-electron chi connectivity index (χ4n) is 2.49. The van der Waals surface area contributed by atoms with Gasteiger partial charge >= 0.3 is 0 Å². The third kappa shape index (κ3) is 2.38. The molecular weight excluding hydrogens is 290 g/mol. The van der Waals surface area contributed by atoms with Gasteiger partial charge in [-0.1, -0.05) is 11.3 Å². The first-order valence-corrected chi connectivity index (χ1v) is 7.44. The minimum Gasteiger partial charge on any atom is -0.444 e. The van der Waals surface area contributed by atoms with E-state index in [9.17, 15) is 0 Å². The fourth-order valence-corrected chi connectivity index (χ4v) is 2.49. The van der Waals surface area contributed by atoms with Crippen molar-refractivity contribution in [3.05, 3.63) is 48.9 Å². The van der Waals surface area contributed by atoms with Gasteiger partial charge in [0.15, 0.2) is 0 Å². The van der Waals surface area contributed by atoms with Crippen molar-refractivity contribution in [2.75, 3.05) is 0 Å². The van der Waals surface area contributed by atoms with Crippen LogP contribution in [0.15, 0.2) is 53.3 Å². The van der Waals surface area contributed by atoms with Crippen molar-refractivity contribution in [1.29, 1.82) is 0 Å². The summed E-state index contributed by atoms with van der Waals surface area (Å²) in [5, 5.41) is 8.41. The topological polar surface area (TPSA) is 69.6 Å². The Kier molecular flexibility index (Phi) is 3.15. The molecule has 4 aromatic rings. The molecule has 3 aromatic heterocycles. The summed E-state index contributed by atoms with van der Waals surface area (Å²) in [6, 6.07) is 11.9. The molecule has 0 fully saturated rings. The standard InChI is InChI=1S/C17H15N5O/c1-11(2)22-16-7-6-12(9-14(16)20-21-22)17-19-15(10-23-17)13-5-3-4-8-18-13/h3-11H,1-2H3. The quantitative estimate of drug-likeness (QED) is 0.577. The van der Waals surface area contributed by atoms with Gasteiger partial charge in [-0.2, -0.15) is 0 Å². The lowest BCUT2D eigenvalue weighted by Gasteiger charge is -2.04. The zero-order valence-corrected chi connectivity index (χ0v) is 12.8. The van der Waals surface area contributed by atoms with E-state index in [1.807, 2.05) is 41.1 Å². The van der Waals surface area contributed by atoms with Gasteiger partial charge < -0.3 is 4.42 Å². The Labute approximate surface area is 132 Å². The number of hydrogen-bond donors (Lipinski definition) is 0. The lowest BCUT2D eigenvalue weighted by atomic mass is 10.2. The molecule has 0 saturated heterocycles. The fraction of sp³-hybridized carbons (Fsp3) is 0.176. The lowest BCUT2D eigenvalue weighted by molar-refractivity contribution is 0.530. The molecule has 0 saturated carbocycles. The summed E-state index contributed by atoms with van der Waals surface area (Å²) in [4.78, 5) is 8.80. The van der Waals surface area contributed by atoms with Crippen molar-refractivity contribution >= 4 is 11.0 Å². The molecule has 6 heteroatoms. The number of aromatic nitrogens is 5. The number of fused-ring (bicyclic) bond motifs is 1. The number of nitrogens with zero attached hydrogens (tertiary/aromatic N) is 5. The monoisotopic (exact) mass is 305 g/mol. The molecule has 3 heterocycles. The van der Waals surface area contributed by atoms with Crippen molar-refractivity contribution in [3.63, 3.8) is 0 Å². The van der Waals surface area contributed by atoms with Gasteiger partial charge in [-0.25, -0.2) is 9.67 Å². The Hall–Kier alpha value is -3.02. The number of benzene rings is 1. The van der Waals surface area contributed by atoms with Crippen LogP contribution in [0.5, 0.6) is 0 Å². The molecule has 6 nitrogen and oxygen atoms in total. The van der Waals surface area contributed by atoms with Crippen molar-refractivity contribution in [1.82, 2.24) is 25.0 Å². The maximum Gasteiger partial charge on any atom is 0.226 e. The largest absolute Gasteiger partial charge is 0.444 e. The minimum atomic E-state index is 0.267. The van der Waals surface area contributed by atoms with Crippen LogP contribution >= 0.6 is 0 Å². The first kappa shape index (κ1) is 13.6. The van der Waals surface area contributed by atoms with Gasteiger partial charge in [0.1, 0.15) is 17.5 Å². The summed E-state index contributed by atoms with van der Waals surface area (Å²) in [6.07, 6.45) is 3.35. The zero-order valence-electron chi connectivity index (χ0n) is 12.8. The molecule has 0 aliphatic carbocycles. The van der Waals surface area contributed by atoms with Crippen LogP contribution in [0.1, 0.15) is 19.9 Å². The van der Waals surface area contributed by atoms with Crippen LogP contribution in [0, 0.1) is 0 Å². The maximum atomic E-state index is 5.60. The molecule has 0 N–H and O–H groups in total. The van der Waals surface area contributed by atoms with Crippen LogP contribution in [-0.4, -0.2) is 25.0 Å². The van der Waals surface area contributed by atoms with E-state index in [0.717, 1.165) is 22.3 Å². The number of oxazole rings is 1. The summed E-state index contributed by atoms with van der Waals surface area (Å²) in [5.41, 5.74) is 4.20. The predicted octanol–water partition coefficient (Wildman–Crippen LogP) is 3.73. The highest BCUT2D eigenvalue weighted by Crippen LogP contribution is 2.26.